The molecule has 0 radical (unpaired) electrons. The van der Waals surface area contributed by atoms with E-state index >= 15 is 0 Å². The zero-order valence-electron chi connectivity index (χ0n) is 21.7. The molecule has 3 aromatic carbocycles. The lowest BCUT2D eigenvalue weighted by molar-refractivity contribution is 0.0640. The Morgan fingerprint density at radius 1 is 0.917 bits per heavy atom. The number of hydrogen-bond acceptors (Lipinski definition) is 5. The minimum absolute atomic E-state index is 0.0242. The molecule has 0 aliphatic heterocycles. The van der Waals surface area contributed by atoms with Gasteiger partial charge in [0.2, 0.25) is 0 Å². The number of rotatable bonds is 10. The van der Waals surface area contributed by atoms with E-state index in [0.29, 0.717) is 5.75 Å². The lowest BCUT2D eigenvalue weighted by Crippen LogP contribution is -2.67. The molecule has 0 heterocycles. The summed E-state index contributed by atoms with van der Waals surface area (Å²) in [5.41, 5.74) is 0.724. The third kappa shape index (κ3) is 6.16. The van der Waals surface area contributed by atoms with Crippen LogP contribution >= 0.6 is 0 Å². The van der Waals surface area contributed by atoms with Gasteiger partial charge >= 0.3 is 6.09 Å². The molecule has 6 nitrogen and oxygen atoms in total. The fourth-order valence-electron chi connectivity index (χ4n) is 4.58. The van der Waals surface area contributed by atoms with Crippen LogP contribution in [0.25, 0.3) is 0 Å². The van der Waals surface area contributed by atoms with Crippen molar-refractivity contribution < 1.29 is 23.8 Å². The van der Waals surface area contributed by atoms with Crippen LogP contribution < -0.4 is 20.4 Å². The SMILES string of the molecule is CCOC(=O)N[C@@H](c1ccc(OC)cc1)[C@@H](O)CO[Si](c1ccccc1)(c1ccccc1)C(C)(C)C. The van der Waals surface area contributed by atoms with Gasteiger partial charge in [-0.3, -0.25) is 0 Å². The van der Waals surface area contributed by atoms with E-state index in [-0.39, 0.29) is 18.3 Å². The van der Waals surface area contributed by atoms with Gasteiger partial charge in [0.1, 0.15) is 11.9 Å². The van der Waals surface area contributed by atoms with Crippen LogP contribution in [0.4, 0.5) is 4.79 Å². The van der Waals surface area contributed by atoms with E-state index in [2.05, 4.69) is 50.4 Å². The van der Waals surface area contributed by atoms with Crippen LogP contribution in [0.2, 0.25) is 5.04 Å². The number of ether oxygens (including phenoxy) is 2. The van der Waals surface area contributed by atoms with Crippen molar-refractivity contribution >= 4 is 24.8 Å². The van der Waals surface area contributed by atoms with Gasteiger partial charge in [0, 0.05) is 0 Å². The summed E-state index contributed by atoms with van der Waals surface area (Å²) in [6.45, 7) is 8.55. The molecule has 0 bridgehead atoms. The number of benzene rings is 3. The molecular formula is C29H37NO5Si. The molecule has 0 spiro atoms. The van der Waals surface area contributed by atoms with Gasteiger partial charge in [-0.1, -0.05) is 93.6 Å². The van der Waals surface area contributed by atoms with E-state index in [4.69, 9.17) is 13.9 Å². The van der Waals surface area contributed by atoms with Gasteiger partial charge in [0.15, 0.2) is 0 Å². The van der Waals surface area contributed by atoms with Crippen molar-refractivity contribution in [2.24, 2.45) is 0 Å². The summed E-state index contributed by atoms with van der Waals surface area (Å²) in [6, 6.07) is 27.0. The maximum absolute atomic E-state index is 12.4. The first-order valence-electron chi connectivity index (χ1n) is 12.2. The number of hydrogen-bond donors (Lipinski definition) is 2. The van der Waals surface area contributed by atoms with Crippen LogP contribution in [-0.2, 0) is 9.16 Å². The highest BCUT2D eigenvalue weighted by Crippen LogP contribution is 2.37. The van der Waals surface area contributed by atoms with Gasteiger partial charge in [-0.05, 0) is 40.0 Å². The molecule has 0 aliphatic carbocycles. The molecule has 0 aliphatic rings. The summed E-state index contributed by atoms with van der Waals surface area (Å²) in [7, 11) is -1.26. The molecule has 1 amide bonds. The second-order valence-electron chi connectivity index (χ2n) is 9.66. The van der Waals surface area contributed by atoms with Crippen LogP contribution in [0, 0.1) is 0 Å². The van der Waals surface area contributed by atoms with Crippen molar-refractivity contribution in [3.05, 3.63) is 90.5 Å². The number of amides is 1. The molecule has 0 unspecified atom stereocenters. The van der Waals surface area contributed by atoms with E-state index in [1.54, 1.807) is 26.2 Å². The minimum atomic E-state index is -2.85. The fraction of sp³-hybridized carbons (Fsp3) is 0.345. The molecule has 2 atom stereocenters. The van der Waals surface area contributed by atoms with Crippen molar-refractivity contribution in [3.63, 3.8) is 0 Å². The number of aliphatic hydroxyl groups is 1. The molecular weight excluding hydrogens is 470 g/mol. The summed E-state index contributed by atoms with van der Waals surface area (Å²) >= 11 is 0. The lowest BCUT2D eigenvalue weighted by Gasteiger charge is -2.43. The highest BCUT2D eigenvalue weighted by molar-refractivity contribution is 6.99. The zero-order chi connectivity index (χ0) is 26.2. The van der Waals surface area contributed by atoms with Crippen molar-refractivity contribution in [1.29, 1.82) is 0 Å². The number of methoxy groups -OCH3 is 1. The van der Waals surface area contributed by atoms with E-state index < -0.39 is 26.6 Å². The number of nitrogens with one attached hydrogen (secondary N) is 1. The highest BCUT2D eigenvalue weighted by atomic mass is 28.4. The monoisotopic (exact) mass is 507 g/mol. The first kappa shape index (κ1) is 27.5. The Hall–Kier alpha value is -3.13. The highest BCUT2D eigenvalue weighted by Gasteiger charge is 2.50. The van der Waals surface area contributed by atoms with Gasteiger partial charge in [-0.25, -0.2) is 4.79 Å². The van der Waals surface area contributed by atoms with Gasteiger partial charge < -0.3 is 24.3 Å². The number of alkyl carbamates (subject to hydrolysis) is 1. The minimum Gasteiger partial charge on any atom is -0.497 e. The molecule has 36 heavy (non-hydrogen) atoms. The van der Waals surface area contributed by atoms with Crippen molar-refractivity contribution in [3.8, 4) is 5.75 Å². The van der Waals surface area contributed by atoms with Crippen molar-refractivity contribution in [2.45, 2.75) is 44.9 Å². The first-order chi connectivity index (χ1) is 17.2. The third-order valence-electron chi connectivity index (χ3n) is 6.30. The second kappa shape index (κ2) is 12.2. The van der Waals surface area contributed by atoms with Gasteiger partial charge in [-0.2, -0.15) is 0 Å². The lowest BCUT2D eigenvalue weighted by atomic mass is 10.0. The summed E-state index contributed by atoms with van der Waals surface area (Å²) in [5.74, 6) is 0.687. The number of carbonyl (C=O) groups excluding carboxylic acids is 1. The van der Waals surface area contributed by atoms with Crippen molar-refractivity contribution in [2.75, 3.05) is 20.3 Å². The Labute approximate surface area is 215 Å². The topological polar surface area (TPSA) is 77.0 Å². The Kier molecular flexibility index (Phi) is 9.31. The largest absolute Gasteiger partial charge is 0.497 e. The Morgan fingerprint density at radius 2 is 1.44 bits per heavy atom. The molecule has 7 heteroatoms. The van der Waals surface area contributed by atoms with E-state index in [0.717, 1.165) is 15.9 Å². The van der Waals surface area contributed by atoms with E-state index in [9.17, 15) is 9.90 Å². The standard InChI is InChI=1S/C29H37NO5Si/c1-6-34-28(32)30-27(22-17-19-23(33-5)20-18-22)26(31)21-35-36(29(2,3)4,24-13-9-7-10-14-24)25-15-11-8-12-16-25/h7-20,26-27,31H,6,21H2,1-5H3,(H,30,32)/t26-,27-/m0/s1. The summed E-state index contributed by atoms with van der Waals surface area (Å²) in [4.78, 5) is 12.4. The van der Waals surface area contributed by atoms with Crippen molar-refractivity contribution in [1.82, 2.24) is 5.32 Å². The van der Waals surface area contributed by atoms with Gasteiger partial charge in [-0.15, -0.1) is 0 Å². The van der Waals surface area contributed by atoms with Crippen LogP contribution in [0.15, 0.2) is 84.9 Å². The normalized spacial score (nSPS) is 13.5. The Balaban J connectivity index is 1.99. The molecule has 3 rings (SSSR count). The average Bonchev–Trinajstić information content (AvgIpc) is 2.88. The van der Waals surface area contributed by atoms with Gasteiger partial charge in [0.25, 0.3) is 8.32 Å². The summed E-state index contributed by atoms with van der Waals surface area (Å²) < 4.78 is 17.3. The van der Waals surface area contributed by atoms with Crippen LogP contribution in [0.1, 0.15) is 39.3 Å². The van der Waals surface area contributed by atoms with Crippen LogP contribution in [0.5, 0.6) is 5.75 Å². The summed E-state index contributed by atoms with van der Waals surface area (Å²) in [6.07, 6.45) is -1.62. The molecule has 0 aromatic heterocycles. The average molecular weight is 508 g/mol. The van der Waals surface area contributed by atoms with Crippen LogP contribution in [-0.4, -0.2) is 45.9 Å². The fourth-order valence-corrected chi connectivity index (χ4v) is 9.16. The van der Waals surface area contributed by atoms with Gasteiger partial charge in [0.05, 0.1) is 26.4 Å². The molecule has 3 aromatic rings. The molecule has 192 valence electrons. The zero-order valence-corrected chi connectivity index (χ0v) is 22.7. The Morgan fingerprint density at radius 3 is 1.89 bits per heavy atom. The van der Waals surface area contributed by atoms with Crippen LogP contribution in [0.3, 0.4) is 0 Å². The predicted molar refractivity (Wildman–Crippen MR) is 145 cm³/mol. The molecule has 0 fully saturated rings. The smallest absolute Gasteiger partial charge is 0.407 e. The maximum Gasteiger partial charge on any atom is 0.407 e. The predicted octanol–water partition coefficient (Wildman–Crippen LogP) is 4.42. The first-order valence-corrected chi connectivity index (χ1v) is 14.1. The molecule has 0 saturated carbocycles. The van der Waals surface area contributed by atoms with E-state index in [1.165, 1.54) is 0 Å². The molecule has 2 N–H and O–H groups in total. The van der Waals surface area contributed by atoms with E-state index in [1.807, 2.05) is 48.5 Å². The quantitative estimate of drug-likeness (QED) is 0.397. The molecule has 0 saturated heterocycles. The number of aliphatic hydroxyl groups excluding tert-OH is 1. The third-order valence-corrected chi connectivity index (χ3v) is 11.3. The Bertz CT molecular complexity index is 1040. The number of carbonyl (C=O) groups is 1. The summed E-state index contributed by atoms with van der Waals surface area (Å²) in [5, 5.41) is 16.2. The maximum atomic E-state index is 12.4. The second-order valence-corrected chi connectivity index (χ2v) is 14.0.